The lowest BCUT2D eigenvalue weighted by Gasteiger charge is -2.21. The van der Waals surface area contributed by atoms with Crippen LogP contribution in [0.5, 0.6) is 0 Å². The number of nitro benzene ring substituents is 1. The molecule has 6 nitrogen and oxygen atoms in total. The van der Waals surface area contributed by atoms with Gasteiger partial charge < -0.3 is 10.8 Å². The molecule has 0 radical (unpaired) electrons. The number of carbonyl (C=O) groups is 1. The molecule has 1 rings (SSSR count). The van der Waals surface area contributed by atoms with Gasteiger partial charge in [-0.3, -0.25) is 10.1 Å². The number of rotatable bonds is 2. The van der Waals surface area contributed by atoms with Crippen molar-refractivity contribution in [3.8, 4) is 0 Å². The maximum atomic E-state index is 11.0. The van der Waals surface area contributed by atoms with Crippen molar-refractivity contribution in [3.63, 3.8) is 0 Å². The van der Waals surface area contributed by atoms with Gasteiger partial charge >= 0.3 is 5.97 Å². The van der Waals surface area contributed by atoms with Gasteiger partial charge in [0.1, 0.15) is 0 Å². The quantitative estimate of drug-likeness (QED) is 0.466. The first-order chi connectivity index (χ1) is 7.64. The van der Waals surface area contributed by atoms with Gasteiger partial charge in [-0.15, -0.1) is 0 Å². The Bertz CT molecular complexity index is 489. The van der Waals surface area contributed by atoms with Gasteiger partial charge in [0.05, 0.1) is 16.1 Å². The minimum atomic E-state index is -1.24. The topological polar surface area (TPSA) is 106 Å². The largest absolute Gasteiger partial charge is 0.478 e. The minimum absolute atomic E-state index is 0.129. The molecule has 1 aromatic rings. The molecule has 0 heterocycles. The number of carboxylic acid groups (broad SMARTS) is 1. The van der Waals surface area contributed by atoms with Crippen molar-refractivity contribution < 1.29 is 14.8 Å². The molecule has 0 aromatic heterocycles. The number of nitrogen functional groups attached to an aromatic ring is 1. The van der Waals surface area contributed by atoms with Crippen LogP contribution < -0.4 is 5.73 Å². The number of nitro groups is 1. The molecule has 6 heteroatoms. The standard InChI is InChI=1S/C11H14N2O4/c1-11(2,3)9-7(12)4-6(10(14)15)5-8(9)13(16)17/h4-5H,12H2,1-3H3,(H,14,15). The molecule has 0 aliphatic carbocycles. The van der Waals surface area contributed by atoms with Gasteiger partial charge in [0.15, 0.2) is 0 Å². The maximum absolute atomic E-state index is 11.0. The summed E-state index contributed by atoms with van der Waals surface area (Å²) in [7, 11) is 0. The van der Waals surface area contributed by atoms with Crippen molar-refractivity contribution in [3.05, 3.63) is 33.4 Å². The predicted octanol–water partition coefficient (Wildman–Crippen LogP) is 2.17. The van der Waals surface area contributed by atoms with Crippen LogP contribution in [0.15, 0.2) is 12.1 Å². The molecule has 0 fully saturated rings. The van der Waals surface area contributed by atoms with E-state index < -0.39 is 16.3 Å². The van der Waals surface area contributed by atoms with Crippen molar-refractivity contribution in [2.45, 2.75) is 26.2 Å². The number of nitrogens with two attached hydrogens (primary N) is 1. The molecule has 0 amide bonds. The lowest BCUT2D eigenvalue weighted by atomic mass is 9.84. The highest BCUT2D eigenvalue weighted by Gasteiger charge is 2.29. The Hall–Kier alpha value is -2.11. The Labute approximate surface area is 98.2 Å². The Kier molecular flexibility index (Phi) is 3.08. The Morgan fingerprint density at radius 2 is 1.94 bits per heavy atom. The second-order valence-electron chi connectivity index (χ2n) is 4.77. The third-order valence-electron chi connectivity index (χ3n) is 2.34. The van der Waals surface area contributed by atoms with E-state index in [2.05, 4.69) is 0 Å². The fourth-order valence-electron chi connectivity index (χ4n) is 1.73. The maximum Gasteiger partial charge on any atom is 0.336 e. The third-order valence-corrected chi connectivity index (χ3v) is 2.34. The molecule has 0 atom stereocenters. The molecular weight excluding hydrogens is 224 g/mol. The van der Waals surface area contributed by atoms with Crippen LogP contribution in [0.2, 0.25) is 0 Å². The normalized spacial score (nSPS) is 11.2. The number of nitrogens with zero attached hydrogens (tertiary/aromatic N) is 1. The van der Waals surface area contributed by atoms with Crippen molar-refractivity contribution in [1.29, 1.82) is 0 Å². The number of carboxylic acids is 1. The summed E-state index contributed by atoms with van der Waals surface area (Å²) in [6.45, 7) is 5.35. The van der Waals surface area contributed by atoms with Crippen LogP contribution in [0, 0.1) is 10.1 Å². The first kappa shape index (κ1) is 13.0. The molecule has 0 spiro atoms. The summed E-state index contributed by atoms with van der Waals surface area (Å²) in [4.78, 5) is 21.2. The molecule has 0 aliphatic heterocycles. The summed E-state index contributed by atoms with van der Waals surface area (Å²) in [5, 5.41) is 19.8. The molecule has 92 valence electrons. The van der Waals surface area contributed by atoms with Crippen molar-refractivity contribution in [2.75, 3.05) is 5.73 Å². The van der Waals surface area contributed by atoms with Gasteiger partial charge in [-0.1, -0.05) is 20.8 Å². The summed E-state index contributed by atoms with van der Waals surface area (Å²) in [5.74, 6) is -1.24. The van der Waals surface area contributed by atoms with Crippen LogP contribution in [0.25, 0.3) is 0 Å². The zero-order valence-electron chi connectivity index (χ0n) is 9.85. The van der Waals surface area contributed by atoms with E-state index in [-0.39, 0.29) is 16.9 Å². The average molecular weight is 238 g/mol. The molecular formula is C11H14N2O4. The van der Waals surface area contributed by atoms with Gasteiger partial charge in [0.2, 0.25) is 0 Å². The average Bonchev–Trinajstić information content (AvgIpc) is 2.13. The third kappa shape index (κ3) is 2.52. The van der Waals surface area contributed by atoms with E-state index in [1.54, 1.807) is 20.8 Å². The fourth-order valence-corrected chi connectivity index (χ4v) is 1.73. The van der Waals surface area contributed by atoms with Crippen LogP contribution in [0.3, 0.4) is 0 Å². The monoisotopic (exact) mass is 238 g/mol. The van der Waals surface area contributed by atoms with Crippen molar-refractivity contribution >= 4 is 17.3 Å². The van der Waals surface area contributed by atoms with Crippen LogP contribution in [0.4, 0.5) is 11.4 Å². The summed E-state index contributed by atoms with van der Waals surface area (Å²) in [5.41, 5.74) is 5.24. The summed E-state index contributed by atoms with van der Waals surface area (Å²) < 4.78 is 0. The van der Waals surface area contributed by atoms with Crippen LogP contribution in [-0.2, 0) is 5.41 Å². The van der Waals surface area contributed by atoms with Crippen LogP contribution in [0.1, 0.15) is 36.7 Å². The number of hydrogen-bond acceptors (Lipinski definition) is 4. The van der Waals surface area contributed by atoms with Gasteiger partial charge in [-0.25, -0.2) is 4.79 Å². The zero-order chi connectivity index (χ0) is 13.4. The highest BCUT2D eigenvalue weighted by molar-refractivity contribution is 5.90. The molecule has 1 aromatic carbocycles. The van der Waals surface area contributed by atoms with E-state index in [4.69, 9.17) is 10.8 Å². The smallest absolute Gasteiger partial charge is 0.336 e. The lowest BCUT2D eigenvalue weighted by Crippen LogP contribution is -2.17. The summed E-state index contributed by atoms with van der Waals surface area (Å²) in [6, 6.07) is 2.29. The minimum Gasteiger partial charge on any atom is -0.478 e. The number of benzene rings is 1. The van der Waals surface area contributed by atoms with Crippen molar-refractivity contribution in [1.82, 2.24) is 0 Å². The second kappa shape index (κ2) is 4.04. The Morgan fingerprint density at radius 1 is 1.41 bits per heavy atom. The van der Waals surface area contributed by atoms with Gasteiger partial charge in [0.25, 0.3) is 5.69 Å². The summed E-state index contributed by atoms with van der Waals surface area (Å²) in [6.07, 6.45) is 0. The number of aromatic carboxylic acids is 1. The Balaban J connectivity index is 3.61. The Morgan fingerprint density at radius 3 is 2.29 bits per heavy atom. The first-order valence-electron chi connectivity index (χ1n) is 4.96. The lowest BCUT2D eigenvalue weighted by molar-refractivity contribution is -0.385. The van der Waals surface area contributed by atoms with Gasteiger partial charge in [0, 0.05) is 11.8 Å². The predicted molar refractivity (Wildman–Crippen MR) is 63.2 cm³/mol. The van der Waals surface area contributed by atoms with Gasteiger partial charge in [-0.05, 0) is 11.5 Å². The van der Waals surface area contributed by atoms with E-state index in [0.29, 0.717) is 5.56 Å². The van der Waals surface area contributed by atoms with Crippen LogP contribution >= 0.6 is 0 Å². The molecule has 0 bridgehead atoms. The molecule has 3 N–H and O–H groups in total. The molecule has 17 heavy (non-hydrogen) atoms. The summed E-state index contributed by atoms with van der Waals surface area (Å²) >= 11 is 0. The molecule has 0 aliphatic rings. The highest BCUT2D eigenvalue weighted by atomic mass is 16.6. The number of anilines is 1. The molecule has 0 saturated carbocycles. The highest BCUT2D eigenvalue weighted by Crippen LogP contribution is 2.36. The van der Waals surface area contributed by atoms with Crippen LogP contribution in [-0.4, -0.2) is 16.0 Å². The molecule has 0 unspecified atom stereocenters. The van der Waals surface area contributed by atoms with E-state index in [1.165, 1.54) is 6.07 Å². The van der Waals surface area contributed by atoms with E-state index in [9.17, 15) is 14.9 Å². The fraction of sp³-hybridized carbons (Fsp3) is 0.364. The van der Waals surface area contributed by atoms with E-state index >= 15 is 0 Å². The van der Waals surface area contributed by atoms with E-state index in [1.807, 2.05) is 0 Å². The number of hydrogen-bond donors (Lipinski definition) is 2. The van der Waals surface area contributed by atoms with E-state index in [0.717, 1.165) is 6.07 Å². The zero-order valence-corrected chi connectivity index (χ0v) is 9.85. The van der Waals surface area contributed by atoms with Gasteiger partial charge in [-0.2, -0.15) is 0 Å². The first-order valence-corrected chi connectivity index (χ1v) is 4.96. The van der Waals surface area contributed by atoms with Crippen molar-refractivity contribution in [2.24, 2.45) is 0 Å². The molecule has 0 saturated heterocycles. The SMILES string of the molecule is CC(C)(C)c1c(N)cc(C(=O)O)cc1[N+](=O)[O-]. The second-order valence-corrected chi connectivity index (χ2v) is 4.77.